The van der Waals surface area contributed by atoms with Gasteiger partial charge in [0.1, 0.15) is 28.9 Å². The van der Waals surface area contributed by atoms with Gasteiger partial charge in [0.2, 0.25) is 0 Å². The second-order valence-electron chi connectivity index (χ2n) is 3.80. The standard InChI is InChI=1S/C13H14N4O/c1-3-18-10-6-4-9(5-7-10)12-11(8-14)13(15)17(2)16-12/h4-7H,3,15H2,1-2H3. The number of benzene rings is 1. The molecule has 5 heteroatoms. The van der Waals surface area contributed by atoms with Gasteiger partial charge in [0.05, 0.1) is 6.61 Å². The van der Waals surface area contributed by atoms with Gasteiger partial charge in [-0.05, 0) is 31.2 Å². The molecular formula is C13H14N4O. The Labute approximate surface area is 105 Å². The van der Waals surface area contributed by atoms with Gasteiger partial charge in [-0.3, -0.25) is 4.68 Å². The van der Waals surface area contributed by atoms with E-state index in [0.29, 0.717) is 23.7 Å². The quantitative estimate of drug-likeness (QED) is 0.892. The maximum atomic E-state index is 9.10. The van der Waals surface area contributed by atoms with Crippen LogP contribution in [0.4, 0.5) is 5.82 Å². The number of aromatic nitrogens is 2. The fourth-order valence-corrected chi connectivity index (χ4v) is 1.72. The van der Waals surface area contributed by atoms with Crippen molar-refractivity contribution in [3.63, 3.8) is 0 Å². The lowest BCUT2D eigenvalue weighted by Crippen LogP contribution is -1.97. The zero-order valence-electron chi connectivity index (χ0n) is 10.3. The van der Waals surface area contributed by atoms with Gasteiger partial charge in [-0.15, -0.1) is 0 Å². The first kappa shape index (κ1) is 12.0. The molecule has 0 spiro atoms. The predicted octanol–water partition coefficient (Wildman–Crippen LogP) is 1.94. The molecule has 0 atom stereocenters. The van der Waals surface area contributed by atoms with E-state index in [1.807, 2.05) is 31.2 Å². The van der Waals surface area contributed by atoms with Crippen molar-refractivity contribution in [2.45, 2.75) is 6.92 Å². The normalized spacial score (nSPS) is 10.1. The van der Waals surface area contributed by atoms with E-state index in [-0.39, 0.29) is 0 Å². The average molecular weight is 242 g/mol. The van der Waals surface area contributed by atoms with Crippen molar-refractivity contribution in [1.29, 1.82) is 5.26 Å². The maximum absolute atomic E-state index is 9.10. The van der Waals surface area contributed by atoms with Crippen LogP contribution in [0.3, 0.4) is 0 Å². The van der Waals surface area contributed by atoms with Crippen LogP contribution in [0.25, 0.3) is 11.3 Å². The van der Waals surface area contributed by atoms with Crippen molar-refractivity contribution in [3.8, 4) is 23.1 Å². The Morgan fingerprint density at radius 3 is 2.61 bits per heavy atom. The maximum Gasteiger partial charge on any atom is 0.140 e. The monoisotopic (exact) mass is 242 g/mol. The van der Waals surface area contributed by atoms with Crippen LogP contribution >= 0.6 is 0 Å². The number of nitrogens with two attached hydrogens (primary N) is 1. The number of aryl methyl sites for hydroxylation is 1. The van der Waals surface area contributed by atoms with Crippen molar-refractivity contribution in [3.05, 3.63) is 29.8 Å². The third kappa shape index (κ3) is 2.00. The minimum Gasteiger partial charge on any atom is -0.494 e. The molecule has 0 radical (unpaired) electrons. The topological polar surface area (TPSA) is 76.9 Å². The molecule has 0 aliphatic heterocycles. The van der Waals surface area contributed by atoms with Crippen molar-refractivity contribution in [2.24, 2.45) is 7.05 Å². The highest BCUT2D eigenvalue weighted by Crippen LogP contribution is 2.27. The second kappa shape index (κ2) is 4.80. The van der Waals surface area contributed by atoms with Crippen molar-refractivity contribution in [1.82, 2.24) is 9.78 Å². The molecule has 0 aliphatic carbocycles. The van der Waals surface area contributed by atoms with Gasteiger partial charge in [0, 0.05) is 12.6 Å². The molecule has 1 aromatic heterocycles. The molecule has 0 unspecified atom stereocenters. The van der Waals surface area contributed by atoms with Crippen molar-refractivity contribution < 1.29 is 4.74 Å². The van der Waals surface area contributed by atoms with Crippen molar-refractivity contribution in [2.75, 3.05) is 12.3 Å². The molecule has 2 rings (SSSR count). The summed E-state index contributed by atoms with van der Waals surface area (Å²) in [7, 11) is 1.72. The molecule has 0 bridgehead atoms. The minimum absolute atomic E-state index is 0.376. The Morgan fingerprint density at radius 1 is 1.39 bits per heavy atom. The molecule has 92 valence electrons. The number of anilines is 1. The van der Waals surface area contributed by atoms with E-state index in [1.54, 1.807) is 7.05 Å². The van der Waals surface area contributed by atoms with E-state index >= 15 is 0 Å². The first-order chi connectivity index (χ1) is 8.67. The summed E-state index contributed by atoms with van der Waals surface area (Å²) < 4.78 is 6.87. The molecule has 0 amide bonds. The van der Waals surface area contributed by atoms with E-state index in [0.717, 1.165) is 11.3 Å². The Kier molecular flexibility index (Phi) is 3.20. The summed E-state index contributed by atoms with van der Waals surface area (Å²) in [5.74, 6) is 1.17. The first-order valence-corrected chi connectivity index (χ1v) is 5.63. The number of nitrogen functional groups attached to an aromatic ring is 1. The molecule has 0 aliphatic rings. The molecule has 0 saturated heterocycles. The largest absolute Gasteiger partial charge is 0.494 e. The number of rotatable bonds is 3. The fraction of sp³-hybridized carbons (Fsp3) is 0.231. The van der Waals surface area contributed by atoms with Crippen LogP contribution in [-0.2, 0) is 7.05 Å². The van der Waals surface area contributed by atoms with E-state index in [2.05, 4.69) is 11.2 Å². The second-order valence-corrected chi connectivity index (χ2v) is 3.80. The lowest BCUT2D eigenvalue weighted by molar-refractivity contribution is 0.340. The summed E-state index contributed by atoms with van der Waals surface area (Å²) in [6.45, 7) is 2.56. The third-order valence-corrected chi connectivity index (χ3v) is 2.64. The molecule has 5 nitrogen and oxygen atoms in total. The zero-order valence-corrected chi connectivity index (χ0v) is 10.3. The van der Waals surface area contributed by atoms with Gasteiger partial charge in [0.25, 0.3) is 0 Å². The Bertz CT molecular complexity index is 593. The van der Waals surface area contributed by atoms with E-state index in [1.165, 1.54) is 4.68 Å². The number of ether oxygens (including phenoxy) is 1. The molecular weight excluding hydrogens is 228 g/mol. The van der Waals surface area contributed by atoms with Crippen LogP contribution in [0, 0.1) is 11.3 Å². The molecule has 18 heavy (non-hydrogen) atoms. The number of hydrogen-bond donors (Lipinski definition) is 1. The van der Waals surface area contributed by atoms with Gasteiger partial charge in [-0.1, -0.05) is 0 Å². The van der Waals surface area contributed by atoms with Crippen LogP contribution in [0.5, 0.6) is 5.75 Å². The van der Waals surface area contributed by atoms with Gasteiger partial charge >= 0.3 is 0 Å². The first-order valence-electron chi connectivity index (χ1n) is 5.63. The highest BCUT2D eigenvalue weighted by atomic mass is 16.5. The summed E-state index contributed by atoms with van der Waals surface area (Å²) in [5, 5.41) is 13.4. The Morgan fingerprint density at radius 2 is 2.06 bits per heavy atom. The minimum atomic E-state index is 0.376. The third-order valence-electron chi connectivity index (χ3n) is 2.64. The van der Waals surface area contributed by atoms with Gasteiger partial charge in [0.15, 0.2) is 0 Å². The highest BCUT2D eigenvalue weighted by molar-refractivity contribution is 5.72. The smallest absolute Gasteiger partial charge is 0.140 e. The van der Waals surface area contributed by atoms with Gasteiger partial charge in [-0.25, -0.2) is 0 Å². The Balaban J connectivity index is 2.43. The summed E-state index contributed by atoms with van der Waals surface area (Å²) in [5.41, 5.74) is 7.63. The molecule has 2 aromatic rings. The Hall–Kier alpha value is -2.48. The lowest BCUT2D eigenvalue weighted by Gasteiger charge is -2.03. The van der Waals surface area contributed by atoms with E-state index in [9.17, 15) is 0 Å². The number of nitrogens with zero attached hydrogens (tertiary/aromatic N) is 3. The average Bonchev–Trinajstić information content (AvgIpc) is 2.67. The fourth-order valence-electron chi connectivity index (χ4n) is 1.72. The van der Waals surface area contributed by atoms with E-state index in [4.69, 9.17) is 15.7 Å². The van der Waals surface area contributed by atoms with Crippen LogP contribution in [0.1, 0.15) is 12.5 Å². The molecule has 0 fully saturated rings. The molecule has 1 heterocycles. The van der Waals surface area contributed by atoms with Crippen LogP contribution < -0.4 is 10.5 Å². The SMILES string of the molecule is CCOc1ccc(-c2nn(C)c(N)c2C#N)cc1. The van der Waals surface area contributed by atoms with Crippen LogP contribution in [0.2, 0.25) is 0 Å². The van der Waals surface area contributed by atoms with Crippen molar-refractivity contribution >= 4 is 5.82 Å². The van der Waals surface area contributed by atoms with E-state index < -0.39 is 0 Å². The van der Waals surface area contributed by atoms with Crippen LogP contribution in [0.15, 0.2) is 24.3 Å². The van der Waals surface area contributed by atoms with Crippen LogP contribution in [-0.4, -0.2) is 16.4 Å². The highest BCUT2D eigenvalue weighted by Gasteiger charge is 2.14. The van der Waals surface area contributed by atoms with Gasteiger partial charge in [-0.2, -0.15) is 10.4 Å². The summed E-state index contributed by atoms with van der Waals surface area (Å²) >= 11 is 0. The zero-order chi connectivity index (χ0) is 13.1. The summed E-state index contributed by atoms with van der Waals surface area (Å²) in [6.07, 6.45) is 0. The van der Waals surface area contributed by atoms with Gasteiger partial charge < -0.3 is 10.5 Å². The predicted molar refractivity (Wildman–Crippen MR) is 68.9 cm³/mol. The molecule has 2 N–H and O–H groups in total. The lowest BCUT2D eigenvalue weighted by atomic mass is 10.1. The number of hydrogen-bond acceptors (Lipinski definition) is 4. The summed E-state index contributed by atoms with van der Waals surface area (Å²) in [6, 6.07) is 9.52. The molecule has 0 saturated carbocycles. The summed E-state index contributed by atoms with van der Waals surface area (Å²) in [4.78, 5) is 0. The molecule has 1 aromatic carbocycles. The number of nitriles is 1.